The fourth-order valence-electron chi connectivity index (χ4n) is 2.12. The maximum atomic E-state index is 12.6. The quantitative estimate of drug-likeness (QED) is 0.692. The first kappa shape index (κ1) is 20.3. The molecule has 1 aromatic carbocycles. The van der Waals surface area contributed by atoms with Gasteiger partial charge < -0.3 is 15.7 Å². The molecule has 2 rings (SSSR count). The first-order chi connectivity index (χ1) is 12.1. The van der Waals surface area contributed by atoms with Crippen molar-refractivity contribution in [3.8, 4) is 0 Å². The molecule has 10 heteroatoms. The summed E-state index contributed by atoms with van der Waals surface area (Å²) in [6, 6.07) is 4.71. The van der Waals surface area contributed by atoms with Gasteiger partial charge in [-0.25, -0.2) is 4.79 Å². The van der Waals surface area contributed by atoms with Gasteiger partial charge in [0.05, 0.1) is 28.0 Å². The summed E-state index contributed by atoms with van der Waals surface area (Å²) >= 11 is 11.7. The second-order valence-corrected chi connectivity index (χ2v) is 6.26. The maximum Gasteiger partial charge on any atom is 0.418 e. The van der Waals surface area contributed by atoms with Crippen LogP contribution in [0.25, 0.3) is 0 Å². The normalized spacial score (nSPS) is 12.6. The summed E-state index contributed by atoms with van der Waals surface area (Å²) < 4.78 is 37.8. The molecule has 0 aliphatic carbocycles. The number of carbonyl (C=O) groups is 1. The molecule has 2 amide bonds. The van der Waals surface area contributed by atoms with Gasteiger partial charge >= 0.3 is 12.2 Å². The molecule has 0 spiro atoms. The van der Waals surface area contributed by atoms with Crippen LogP contribution in [0.3, 0.4) is 0 Å². The highest BCUT2D eigenvalue weighted by molar-refractivity contribution is 6.34. The number of aliphatic hydroxyl groups excluding tert-OH is 1. The van der Waals surface area contributed by atoms with Gasteiger partial charge in [0, 0.05) is 6.20 Å². The van der Waals surface area contributed by atoms with Crippen molar-refractivity contribution in [2.45, 2.75) is 25.7 Å². The van der Waals surface area contributed by atoms with Crippen LogP contribution in [0.5, 0.6) is 0 Å². The summed E-state index contributed by atoms with van der Waals surface area (Å²) in [6.45, 7) is 1.58. The number of amides is 2. The molecule has 0 saturated heterocycles. The van der Waals surface area contributed by atoms with Crippen LogP contribution < -0.4 is 10.6 Å². The second-order valence-electron chi connectivity index (χ2n) is 5.41. The Morgan fingerprint density at radius 3 is 2.54 bits per heavy atom. The number of aromatic nitrogens is 1. The lowest BCUT2D eigenvalue weighted by Crippen LogP contribution is -2.29. The van der Waals surface area contributed by atoms with Crippen LogP contribution in [0.4, 0.5) is 23.7 Å². The summed E-state index contributed by atoms with van der Waals surface area (Å²) in [5, 5.41) is 14.7. The van der Waals surface area contributed by atoms with Gasteiger partial charge in [-0.1, -0.05) is 29.3 Å². The van der Waals surface area contributed by atoms with E-state index in [0.717, 1.165) is 12.1 Å². The van der Waals surface area contributed by atoms with E-state index >= 15 is 0 Å². The third kappa shape index (κ3) is 5.23. The van der Waals surface area contributed by atoms with Crippen molar-refractivity contribution >= 4 is 34.9 Å². The van der Waals surface area contributed by atoms with Gasteiger partial charge in [-0.3, -0.25) is 4.98 Å². The van der Waals surface area contributed by atoms with Crippen LogP contribution >= 0.6 is 23.2 Å². The number of anilines is 1. The van der Waals surface area contributed by atoms with E-state index in [0.29, 0.717) is 10.7 Å². The number of hydrogen-bond acceptors (Lipinski definition) is 3. The van der Waals surface area contributed by atoms with Gasteiger partial charge in [-0.15, -0.1) is 0 Å². The van der Waals surface area contributed by atoms with Gasteiger partial charge in [-0.2, -0.15) is 13.2 Å². The summed E-state index contributed by atoms with van der Waals surface area (Å²) in [6.07, 6.45) is -6.03. The minimum absolute atomic E-state index is 0.116. The molecule has 0 saturated carbocycles. The average Bonchev–Trinajstić information content (AvgIpc) is 2.56. The number of benzene rings is 1. The van der Waals surface area contributed by atoms with Crippen molar-refractivity contribution in [1.29, 1.82) is 0 Å². The number of nitrogens with one attached hydrogen (secondary N) is 2. The summed E-state index contributed by atoms with van der Waals surface area (Å²) in [4.78, 5) is 16.0. The Hall–Kier alpha value is -2.03. The number of aliphatic hydroxyl groups is 1. The third-order valence-corrected chi connectivity index (χ3v) is 3.91. The van der Waals surface area contributed by atoms with E-state index in [1.165, 1.54) is 13.1 Å². The van der Waals surface area contributed by atoms with E-state index in [2.05, 4.69) is 15.6 Å². The minimum Gasteiger partial charge on any atom is -0.379 e. The fraction of sp³-hybridized carbons (Fsp3) is 0.250. The van der Waals surface area contributed by atoms with Crippen LogP contribution in [-0.2, 0) is 6.54 Å². The lowest BCUT2D eigenvalue weighted by atomic mass is 10.0. The molecule has 0 fully saturated rings. The Kier molecular flexibility index (Phi) is 6.33. The predicted octanol–water partition coefficient (Wildman–Crippen LogP) is 4.61. The summed E-state index contributed by atoms with van der Waals surface area (Å²) in [7, 11) is 0. The van der Waals surface area contributed by atoms with Gasteiger partial charge in [0.15, 0.2) is 6.10 Å². The highest BCUT2D eigenvalue weighted by atomic mass is 35.5. The zero-order valence-electron chi connectivity index (χ0n) is 13.4. The molecule has 0 radical (unpaired) electrons. The third-order valence-electron chi connectivity index (χ3n) is 3.39. The first-order valence-electron chi connectivity index (χ1n) is 7.28. The number of nitrogens with zero attached hydrogens (tertiary/aromatic N) is 1. The van der Waals surface area contributed by atoms with Gasteiger partial charge in [0.2, 0.25) is 0 Å². The predicted molar refractivity (Wildman–Crippen MR) is 92.3 cm³/mol. The number of rotatable bonds is 4. The Balaban J connectivity index is 2.06. The van der Waals surface area contributed by atoms with Crippen molar-refractivity contribution in [2.24, 2.45) is 0 Å². The largest absolute Gasteiger partial charge is 0.418 e. The zero-order valence-corrected chi connectivity index (χ0v) is 14.9. The molecule has 1 unspecified atom stereocenters. The van der Waals surface area contributed by atoms with Crippen molar-refractivity contribution in [3.63, 3.8) is 0 Å². The van der Waals surface area contributed by atoms with Crippen molar-refractivity contribution in [2.75, 3.05) is 5.32 Å². The van der Waals surface area contributed by atoms with E-state index in [9.17, 15) is 23.1 Å². The van der Waals surface area contributed by atoms with Gasteiger partial charge in [0.25, 0.3) is 0 Å². The lowest BCUT2D eigenvalue weighted by Gasteiger charge is -2.18. The maximum absolute atomic E-state index is 12.6. The fourth-order valence-corrected chi connectivity index (χ4v) is 2.55. The van der Waals surface area contributed by atoms with Gasteiger partial charge in [-0.05, 0) is 36.2 Å². The highest BCUT2D eigenvalue weighted by Crippen LogP contribution is 2.36. The molecule has 1 atom stereocenters. The molecule has 140 valence electrons. The zero-order chi connectivity index (χ0) is 19.5. The monoisotopic (exact) mass is 407 g/mol. The van der Waals surface area contributed by atoms with E-state index in [1.54, 1.807) is 12.1 Å². The summed E-state index contributed by atoms with van der Waals surface area (Å²) in [5.74, 6) is 0. The molecule has 0 aliphatic heterocycles. The number of alkyl halides is 3. The molecular formula is C16H14Cl2F3N3O2. The van der Waals surface area contributed by atoms with Gasteiger partial charge in [0.1, 0.15) is 0 Å². The number of hydrogen-bond donors (Lipinski definition) is 3. The highest BCUT2D eigenvalue weighted by Gasteiger charge is 2.39. The Labute approximate surface area is 157 Å². The number of pyridine rings is 1. The van der Waals surface area contributed by atoms with E-state index in [-0.39, 0.29) is 22.8 Å². The Morgan fingerprint density at radius 1 is 1.31 bits per heavy atom. The minimum atomic E-state index is -4.81. The molecule has 2 aromatic rings. The topological polar surface area (TPSA) is 74.2 Å². The van der Waals surface area contributed by atoms with E-state index in [4.69, 9.17) is 23.2 Å². The van der Waals surface area contributed by atoms with Crippen LogP contribution in [0.15, 0.2) is 30.5 Å². The second kappa shape index (κ2) is 8.11. The number of aryl methyl sites for hydroxylation is 1. The van der Waals surface area contributed by atoms with Crippen molar-refractivity contribution in [3.05, 3.63) is 57.3 Å². The number of urea groups is 1. The van der Waals surface area contributed by atoms with Crippen molar-refractivity contribution < 1.29 is 23.1 Å². The van der Waals surface area contributed by atoms with Crippen LogP contribution in [0.2, 0.25) is 10.0 Å². The molecule has 3 N–H and O–H groups in total. The standard InChI is InChI=1S/C16H14Cl2F3N3O2/c1-8-4-9(14(25)16(19,20)21)5-12(18)13(8)24-15(26)23-7-11-3-2-10(17)6-22-11/h2-6,14,25H,7H2,1H3,(H2,23,24,26). The SMILES string of the molecule is Cc1cc(C(O)C(F)(F)F)cc(Cl)c1NC(=O)NCc1ccc(Cl)cn1. The molecule has 0 aliphatic rings. The van der Waals surface area contributed by atoms with E-state index < -0.39 is 23.9 Å². The molecule has 1 aromatic heterocycles. The van der Waals surface area contributed by atoms with Crippen LogP contribution in [0, 0.1) is 6.92 Å². The molecule has 26 heavy (non-hydrogen) atoms. The Morgan fingerprint density at radius 2 is 2.00 bits per heavy atom. The average molecular weight is 408 g/mol. The summed E-state index contributed by atoms with van der Waals surface area (Å²) in [5.41, 5.74) is 0.578. The number of carbonyl (C=O) groups excluding carboxylic acids is 1. The molecule has 5 nitrogen and oxygen atoms in total. The van der Waals surface area contributed by atoms with Crippen molar-refractivity contribution in [1.82, 2.24) is 10.3 Å². The molecular weight excluding hydrogens is 394 g/mol. The Bertz CT molecular complexity index is 775. The van der Waals surface area contributed by atoms with E-state index in [1.807, 2.05) is 0 Å². The first-order valence-corrected chi connectivity index (χ1v) is 8.03. The smallest absolute Gasteiger partial charge is 0.379 e. The van der Waals surface area contributed by atoms with Crippen LogP contribution in [0.1, 0.15) is 22.9 Å². The lowest BCUT2D eigenvalue weighted by molar-refractivity contribution is -0.206. The number of halogens is 5. The molecule has 0 bridgehead atoms. The molecule has 1 heterocycles. The van der Waals surface area contributed by atoms with Crippen LogP contribution in [-0.4, -0.2) is 22.3 Å².